The number of hydrogen-bond donors (Lipinski definition) is 1. The molecule has 98 valence electrons. The van der Waals surface area contributed by atoms with E-state index >= 15 is 0 Å². The monoisotopic (exact) mass is 247 g/mol. The zero-order chi connectivity index (χ0) is 13.5. The molecule has 3 heteroatoms. The van der Waals surface area contributed by atoms with Crippen molar-refractivity contribution in [2.24, 2.45) is 5.92 Å². The van der Waals surface area contributed by atoms with E-state index in [2.05, 4.69) is 20.8 Å². The Hall–Kier alpha value is -1.77. The molecule has 0 unspecified atom stereocenters. The Morgan fingerprint density at radius 2 is 2.11 bits per heavy atom. The van der Waals surface area contributed by atoms with Gasteiger partial charge in [0.05, 0.1) is 7.11 Å². The van der Waals surface area contributed by atoms with Gasteiger partial charge in [0.25, 0.3) is 0 Å². The Kier molecular flexibility index (Phi) is 5.43. The van der Waals surface area contributed by atoms with Crippen LogP contribution in [0.5, 0.6) is 5.75 Å². The maximum atomic E-state index is 7.99. The van der Waals surface area contributed by atoms with Gasteiger partial charge in [0, 0.05) is 11.5 Å². The number of allylic oxidation sites excluding steroid dienone is 2. The number of ether oxygens (including phenoxy) is 2. The molecule has 0 amide bonds. The van der Waals surface area contributed by atoms with E-state index in [9.17, 15) is 0 Å². The van der Waals surface area contributed by atoms with E-state index in [1.54, 1.807) is 13.2 Å². The first-order valence-corrected chi connectivity index (χ1v) is 6.19. The molecule has 1 rings (SSSR count). The third-order valence-corrected chi connectivity index (χ3v) is 2.53. The van der Waals surface area contributed by atoms with Gasteiger partial charge in [-0.15, -0.1) is 0 Å². The highest BCUT2D eigenvalue weighted by atomic mass is 16.5. The van der Waals surface area contributed by atoms with Crippen molar-refractivity contribution in [3.05, 3.63) is 41.7 Å². The van der Waals surface area contributed by atoms with Crippen molar-refractivity contribution in [1.29, 1.82) is 5.41 Å². The molecular formula is C15H21NO2. The van der Waals surface area contributed by atoms with Crippen LogP contribution in [0, 0.1) is 11.3 Å². The minimum absolute atomic E-state index is 0.155. The molecule has 0 aromatic heterocycles. The topological polar surface area (TPSA) is 42.3 Å². The van der Waals surface area contributed by atoms with E-state index in [4.69, 9.17) is 14.9 Å². The molecule has 1 aromatic rings. The van der Waals surface area contributed by atoms with Crippen molar-refractivity contribution in [3.8, 4) is 5.75 Å². The van der Waals surface area contributed by atoms with Crippen LogP contribution < -0.4 is 4.74 Å². The third kappa shape index (κ3) is 3.91. The van der Waals surface area contributed by atoms with Gasteiger partial charge in [-0.25, -0.2) is 0 Å². The first-order valence-electron chi connectivity index (χ1n) is 6.19. The lowest BCUT2D eigenvalue weighted by atomic mass is 10.1. The van der Waals surface area contributed by atoms with Crippen LogP contribution in [0.3, 0.4) is 0 Å². The van der Waals surface area contributed by atoms with Crippen molar-refractivity contribution >= 4 is 5.90 Å². The molecule has 0 atom stereocenters. The Morgan fingerprint density at radius 3 is 2.67 bits per heavy atom. The van der Waals surface area contributed by atoms with Crippen molar-refractivity contribution in [2.75, 3.05) is 7.11 Å². The molecular weight excluding hydrogens is 226 g/mol. The minimum atomic E-state index is 0.155. The Balaban J connectivity index is 2.83. The van der Waals surface area contributed by atoms with Gasteiger partial charge in [-0.05, 0) is 30.7 Å². The number of benzene rings is 1. The molecule has 0 radical (unpaired) electrons. The first kappa shape index (κ1) is 14.3. The number of rotatable bonds is 5. The van der Waals surface area contributed by atoms with E-state index in [0.717, 1.165) is 23.5 Å². The molecule has 0 saturated heterocycles. The second-order valence-electron chi connectivity index (χ2n) is 4.33. The standard InChI is InChI=1S/C15H21NO2/c1-5-7-14(11(2)3)18-15(16)12-8-6-9-13(10-12)17-4/h6-11,16H,5H2,1-4H3/b14-7+,16-15?. The fourth-order valence-electron chi connectivity index (χ4n) is 1.54. The normalized spacial score (nSPS) is 11.5. The van der Waals surface area contributed by atoms with Gasteiger partial charge in [-0.1, -0.05) is 26.8 Å². The van der Waals surface area contributed by atoms with Crippen molar-refractivity contribution in [2.45, 2.75) is 27.2 Å². The third-order valence-electron chi connectivity index (χ3n) is 2.53. The summed E-state index contributed by atoms with van der Waals surface area (Å²) < 4.78 is 10.8. The highest BCUT2D eigenvalue weighted by Crippen LogP contribution is 2.18. The molecule has 3 nitrogen and oxygen atoms in total. The summed E-state index contributed by atoms with van der Waals surface area (Å²) in [6, 6.07) is 7.34. The van der Waals surface area contributed by atoms with Crippen LogP contribution in [0.1, 0.15) is 32.8 Å². The highest BCUT2D eigenvalue weighted by Gasteiger charge is 2.10. The van der Waals surface area contributed by atoms with Crippen molar-refractivity contribution in [1.82, 2.24) is 0 Å². The van der Waals surface area contributed by atoms with Gasteiger partial charge in [-0.3, -0.25) is 5.41 Å². The molecule has 0 heterocycles. The maximum Gasteiger partial charge on any atom is 0.218 e. The van der Waals surface area contributed by atoms with E-state index in [0.29, 0.717) is 0 Å². The van der Waals surface area contributed by atoms with E-state index in [-0.39, 0.29) is 11.8 Å². The molecule has 0 aliphatic carbocycles. The zero-order valence-corrected chi connectivity index (χ0v) is 11.5. The number of methoxy groups -OCH3 is 1. The van der Waals surface area contributed by atoms with Crippen molar-refractivity contribution < 1.29 is 9.47 Å². The zero-order valence-electron chi connectivity index (χ0n) is 11.5. The molecule has 0 saturated carbocycles. The average molecular weight is 247 g/mol. The predicted octanol–water partition coefficient (Wildman–Crippen LogP) is 3.99. The second kappa shape index (κ2) is 6.84. The largest absolute Gasteiger partial charge is 0.497 e. The summed E-state index contributed by atoms with van der Waals surface area (Å²) in [7, 11) is 1.61. The van der Waals surface area contributed by atoms with Crippen molar-refractivity contribution in [3.63, 3.8) is 0 Å². The summed E-state index contributed by atoms with van der Waals surface area (Å²) in [6.07, 6.45) is 2.91. The molecule has 0 aliphatic rings. The number of nitrogens with one attached hydrogen (secondary N) is 1. The fourth-order valence-corrected chi connectivity index (χ4v) is 1.54. The molecule has 1 N–H and O–H groups in total. The summed E-state index contributed by atoms with van der Waals surface area (Å²) in [5.74, 6) is 2.00. The quantitative estimate of drug-likeness (QED) is 0.485. The molecule has 0 bridgehead atoms. The SMILES string of the molecule is CC/C=C(/OC(=N)c1cccc(OC)c1)C(C)C. The van der Waals surface area contributed by atoms with Crippen LogP contribution in [0.25, 0.3) is 0 Å². The van der Waals surface area contributed by atoms with Gasteiger partial charge in [0.15, 0.2) is 0 Å². The Bertz CT molecular complexity index is 436. The summed E-state index contributed by atoms with van der Waals surface area (Å²) in [5.41, 5.74) is 0.719. The molecule has 1 aromatic carbocycles. The molecule has 0 aliphatic heterocycles. The van der Waals surface area contributed by atoms with Crippen LogP contribution in [0.15, 0.2) is 36.1 Å². The van der Waals surface area contributed by atoms with E-state index < -0.39 is 0 Å². The van der Waals surface area contributed by atoms with E-state index in [1.165, 1.54) is 0 Å². The van der Waals surface area contributed by atoms with Gasteiger partial charge in [0.2, 0.25) is 5.90 Å². The van der Waals surface area contributed by atoms with Crippen LogP contribution in [0.4, 0.5) is 0 Å². The molecule has 0 spiro atoms. The second-order valence-corrected chi connectivity index (χ2v) is 4.33. The highest BCUT2D eigenvalue weighted by molar-refractivity contribution is 5.92. The van der Waals surface area contributed by atoms with Gasteiger partial charge in [-0.2, -0.15) is 0 Å². The van der Waals surface area contributed by atoms with Gasteiger partial charge < -0.3 is 9.47 Å². The Labute approximate surface area is 109 Å². The molecule has 0 fully saturated rings. The van der Waals surface area contributed by atoms with Crippen LogP contribution in [0.2, 0.25) is 0 Å². The fraction of sp³-hybridized carbons (Fsp3) is 0.400. The minimum Gasteiger partial charge on any atom is -0.497 e. The van der Waals surface area contributed by atoms with E-state index in [1.807, 2.05) is 24.3 Å². The maximum absolute atomic E-state index is 7.99. The lowest BCUT2D eigenvalue weighted by molar-refractivity contribution is 0.353. The summed E-state index contributed by atoms with van der Waals surface area (Å²) in [6.45, 7) is 6.17. The van der Waals surface area contributed by atoms with Gasteiger partial charge in [0.1, 0.15) is 11.5 Å². The molecule has 18 heavy (non-hydrogen) atoms. The summed E-state index contributed by atoms with van der Waals surface area (Å²) in [5, 5.41) is 7.99. The van der Waals surface area contributed by atoms with Gasteiger partial charge >= 0.3 is 0 Å². The van der Waals surface area contributed by atoms with Crippen LogP contribution in [-0.4, -0.2) is 13.0 Å². The summed E-state index contributed by atoms with van der Waals surface area (Å²) in [4.78, 5) is 0. The lowest BCUT2D eigenvalue weighted by Gasteiger charge is -2.14. The number of hydrogen-bond acceptors (Lipinski definition) is 3. The predicted molar refractivity (Wildman–Crippen MR) is 74.1 cm³/mol. The van der Waals surface area contributed by atoms with Crippen LogP contribution >= 0.6 is 0 Å². The summed E-state index contributed by atoms with van der Waals surface area (Å²) >= 11 is 0. The smallest absolute Gasteiger partial charge is 0.218 e. The Morgan fingerprint density at radius 1 is 1.39 bits per heavy atom. The average Bonchev–Trinajstić information content (AvgIpc) is 2.38. The van der Waals surface area contributed by atoms with Crippen LogP contribution in [-0.2, 0) is 4.74 Å². The first-order chi connectivity index (χ1) is 8.58. The lowest BCUT2D eigenvalue weighted by Crippen LogP contribution is -2.09.